The third kappa shape index (κ3) is 2.64. The van der Waals surface area contributed by atoms with Crippen molar-refractivity contribution in [2.24, 2.45) is 0 Å². The molecule has 2 N–H and O–H groups in total. The summed E-state index contributed by atoms with van der Waals surface area (Å²) >= 11 is 0. The second kappa shape index (κ2) is 5.49. The summed E-state index contributed by atoms with van der Waals surface area (Å²) in [6, 6.07) is 9.48. The van der Waals surface area contributed by atoms with Crippen LogP contribution in [0.4, 0.5) is 10.1 Å². The molecular formula is C15H13FN2O2. The molecule has 20 heavy (non-hydrogen) atoms. The lowest BCUT2D eigenvalue weighted by Crippen LogP contribution is -1.97. The minimum Gasteiger partial charge on any atom is -0.494 e. The molecule has 2 aromatic carbocycles. The Bertz CT molecular complexity index is 693. The molecule has 0 unspecified atom stereocenters. The molecule has 0 amide bonds. The number of anilines is 1. The number of hydrogen-bond acceptors (Lipinski definition) is 4. The van der Waals surface area contributed by atoms with Crippen LogP contribution in [0.5, 0.6) is 17.2 Å². The fraction of sp³-hybridized carbons (Fsp3) is 0.133. The van der Waals surface area contributed by atoms with Crippen LogP contribution in [0.25, 0.3) is 0 Å². The fourth-order valence-corrected chi connectivity index (χ4v) is 1.70. The molecule has 0 saturated heterocycles. The summed E-state index contributed by atoms with van der Waals surface area (Å²) < 4.78 is 24.4. The number of nitrogens with two attached hydrogens (primary N) is 1. The molecule has 0 atom stereocenters. The van der Waals surface area contributed by atoms with Crippen LogP contribution in [0.3, 0.4) is 0 Å². The number of nitrogens with zero attached hydrogens (tertiary/aromatic N) is 1. The first-order chi connectivity index (χ1) is 9.55. The van der Waals surface area contributed by atoms with E-state index < -0.39 is 5.82 Å². The van der Waals surface area contributed by atoms with Crippen LogP contribution in [0.1, 0.15) is 11.1 Å². The average molecular weight is 272 g/mol. The topological polar surface area (TPSA) is 68.3 Å². The number of halogens is 1. The van der Waals surface area contributed by atoms with Gasteiger partial charge in [0, 0.05) is 12.1 Å². The molecule has 2 aromatic rings. The van der Waals surface area contributed by atoms with Gasteiger partial charge in [0.1, 0.15) is 11.5 Å². The minimum absolute atomic E-state index is 0.00533. The summed E-state index contributed by atoms with van der Waals surface area (Å²) in [5.41, 5.74) is 7.03. The number of benzene rings is 2. The zero-order chi connectivity index (χ0) is 14.7. The molecule has 5 heteroatoms. The van der Waals surface area contributed by atoms with Crippen LogP contribution < -0.4 is 15.2 Å². The highest BCUT2D eigenvalue weighted by Gasteiger charge is 2.12. The predicted molar refractivity (Wildman–Crippen MR) is 73.3 cm³/mol. The maximum atomic E-state index is 13.8. The Morgan fingerprint density at radius 3 is 2.55 bits per heavy atom. The highest BCUT2D eigenvalue weighted by molar-refractivity contribution is 5.57. The molecule has 2 rings (SSSR count). The van der Waals surface area contributed by atoms with E-state index in [0.29, 0.717) is 17.1 Å². The van der Waals surface area contributed by atoms with E-state index in [-0.39, 0.29) is 11.4 Å². The first kappa shape index (κ1) is 13.7. The first-order valence-corrected chi connectivity index (χ1v) is 5.86. The van der Waals surface area contributed by atoms with Crippen molar-refractivity contribution in [3.05, 3.63) is 47.3 Å². The molecule has 0 bridgehead atoms. The second-order valence-corrected chi connectivity index (χ2v) is 4.22. The molecule has 0 aliphatic rings. The largest absolute Gasteiger partial charge is 0.494 e. The number of hydrogen-bond donors (Lipinski definition) is 1. The number of aryl methyl sites for hydroxylation is 1. The van der Waals surface area contributed by atoms with Gasteiger partial charge in [-0.1, -0.05) is 6.07 Å². The molecule has 0 aliphatic carbocycles. The third-order valence-electron chi connectivity index (χ3n) is 2.82. The number of nitriles is 1. The standard InChI is InChI=1S/C15H13FN2O2/c1-9-3-4-10(8-17)5-13(9)20-14-7-15(19-2)12(18)6-11(14)16/h3-7H,18H2,1-2H3. The highest BCUT2D eigenvalue weighted by Crippen LogP contribution is 2.34. The smallest absolute Gasteiger partial charge is 0.168 e. The molecule has 102 valence electrons. The minimum atomic E-state index is -0.593. The summed E-state index contributed by atoms with van der Waals surface area (Å²) in [6.07, 6.45) is 0. The predicted octanol–water partition coefficient (Wildman–Crippen LogP) is 3.39. The fourth-order valence-electron chi connectivity index (χ4n) is 1.70. The summed E-state index contributed by atoms with van der Waals surface area (Å²) in [5.74, 6) is 0.143. The van der Waals surface area contributed by atoms with E-state index in [1.54, 1.807) is 18.2 Å². The van der Waals surface area contributed by atoms with Crippen LogP contribution in [0, 0.1) is 24.1 Å². The van der Waals surface area contributed by atoms with E-state index in [0.717, 1.165) is 11.6 Å². The van der Waals surface area contributed by atoms with Crippen LogP contribution in [0.2, 0.25) is 0 Å². The van der Waals surface area contributed by atoms with E-state index in [2.05, 4.69) is 0 Å². The van der Waals surface area contributed by atoms with Gasteiger partial charge in [-0.15, -0.1) is 0 Å². The zero-order valence-electron chi connectivity index (χ0n) is 11.1. The zero-order valence-corrected chi connectivity index (χ0v) is 11.1. The Balaban J connectivity index is 2.42. The molecule has 0 radical (unpaired) electrons. The molecule has 4 nitrogen and oxygen atoms in total. The Morgan fingerprint density at radius 2 is 1.90 bits per heavy atom. The maximum Gasteiger partial charge on any atom is 0.168 e. The molecule has 0 aromatic heterocycles. The highest BCUT2D eigenvalue weighted by atomic mass is 19.1. The van der Waals surface area contributed by atoms with Crippen molar-refractivity contribution in [3.63, 3.8) is 0 Å². The summed E-state index contributed by atoms with van der Waals surface area (Å²) in [6.45, 7) is 1.81. The van der Waals surface area contributed by atoms with Gasteiger partial charge in [0.25, 0.3) is 0 Å². The molecular weight excluding hydrogens is 259 g/mol. The van der Waals surface area contributed by atoms with Gasteiger partial charge in [0.05, 0.1) is 24.4 Å². The molecule has 0 aliphatic heterocycles. The Morgan fingerprint density at radius 1 is 1.15 bits per heavy atom. The van der Waals surface area contributed by atoms with Gasteiger partial charge in [0.15, 0.2) is 11.6 Å². The number of rotatable bonds is 3. The van der Waals surface area contributed by atoms with Gasteiger partial charge >= 0.3 is 0 Å². The van der Waals surface area contributed by atoms with Gasteiger partial charge in [-0.2, -0.15) is 5.26 Å². The molecule has 0 spiro atoms. The van der Waals surface area contributed by atoms with Crippen molar-refractivity contribution in [2.75, 3.05) is 12.8 Å². The summed E-state index contributed by atoms with van der Waals surface area (Å²) in [7, 11) is 1.44. The van der Waals surface area contributed by atoms with E-state index in [1.807, 2.05) is 13.0 Å². The monoisotopic (exact) mass is 272 g/mol. The number of methoxy groups -OCH3 is 1. The van der Waals surface area contributed by atoms with Crippen molar-refractivity contribution < 1.29 is 13.9 Å². The third-order valence-corrected chi connectivity index (χ3v) is 2.82. The van der Waals surface area contributed by atoms with Crippen LogP contribution >= 0.6 is 0 Å². The maximum absolute atomic E-state index is 13.8. The van der Waals surface area contributed by atoms with Crippen LogP contribution in [-0.2, 0) is 0 Å². The second-order valence-electron chi connectivity index (χ2n) is 4.22. The number of ether oxygens (including phenoxy) is 2. The van der Waals surface area contributed by atoms with Gasteiger partial charge in [-0.3, -0.25) is 0 Å². The Kier molecular flexibility index (Phi) is 3.76. The lowest BCUT2D eigenvalue weighted by Gasteiger charge is -2.12. The lowest BCUT2D eigenvalue weighted by atomic mass is 10.1. The molecule has 0 fully saturated rings. The van der Waals surface area contributed by atoms with E-state index in [4.69, 9.17) is 20.5 Å². The van der Waals surface area contributed by atoms with Crippen LogP contribution in [-0.4, -0.2) is 7.11 Å². The summed E-state index contributed by atoms with van der Waals surface area (Å²) in [4.78, 5) is 0. The average Bonchev–Trinajstić information content (AvgIpc) is 2.44. The SMILES string of the molecule is COc1cc(Oc2cc(C#N)ccc2C)c(F)cc1N. The normalized spacial score (nSPS) is 9.90. The van der Waals surface area contributed by atoms with Crippen molar-refractivity contribution in [1.29, 1.82) is 5.26 Å². The van der Waals surface area contributed by atoms with Crippen molar-refractivity contribution >= 4 is 5.69 Å². The quantitative estimate of drug-likeness (QED) is 0.869. The van der Waals surface area contributed by atoms with E-state index in [9.17, 15) is 4.39 Å². The molecule has 0 saturated carbocycles. The lowest BCUT2D eigenvalue weighted by molar-refractivity contribution is 0.402. The first-order valence-electron chi connectivity index (χ1n) is 5.86. The summed E-state index contributed by atoms with van der Waals surface area (Å²) in [5, 5.41) is 8.88. The Labute approximate surface area is 116 Å². The van der Waals surface area contributed by atoms with Crippen molar-refractivity contribution in [2.45, 2.75) is 6.92 Å². The van der Waals surface area contributed by atoms with Gasteiger partial charge in [0.2, 0.25) is 0 Å². The van der Waals surface area contributed by atoms with Gasteiger partial charge in [-0.25, -0.2) is 4.39 Å². The van der Waals surface area contributed by atoms with E-state index in [1.165, 1.54) is 13.2 Å². The van der Waals surface area contributed by atoms with Gasteiger partial charge < -0.3 is 15.2 Å². The van der Waals surface area contributed by atoms with Crippen LogP contribution in [0.15, 0.2) is 30.3 Å². The molecule has 0 heterocycles. The van der Waals surface area contributed by atoms with Crippen molar-refractivity contribution in [3.8, 4) is 23.3 Å². The Hall–Kier alpha value is -2.74. The number of nitrogen functional groups attached to an aromatic ring is 1. The van der Waals surface area contributed by atoms with Gasteiger partial charge in [-0.05, 0) is 24.6 Å². The van der Waals surface area contributed by atoms with E-state index >= 15 is 0 Å². The van der Waals surface area contributed by atoms with Crippen molar-refractivity contribution in [1.82, 2.24) is 0 Å².